The van der Waals surface area contributed by atoms with Crippen LogP contribution in [-0.2, 0) is 20.3 Å². The fourth-order valence-corrected chi connectivity index (χ4v) is 5.02. The molecule has 2 saturated heterocycles. The summed E-state index contributed by atoms with van der Waals surface area (Å²) >= 11 is 6.01. The molecule has 2 heterocycles. The van der Waals surface area contributed by atoms with E-state index in [0.29, 0.717) is 22.2 Å². The predicted molar refractivity (Wildman–Crippen MR) is 84.0 cm³/mol. The number of ether oxygens (including phenoxy) is 2. The van der Waals surface area contributed by atoms with Crippen molar-refractivity contribution in [2.24, 2.45) is 0 Å². The summed E-state index contributed by atoms with van der Waals surface area (Å²) in [6.07, 6.45) is 3.35. The van der Waals surface area contributed by atoms with Crippen molar-refractivity contribution < 1.29 is 13.7 Å². The lowest BCUT2D eigenvalue weighted by atomic mass is 9.86. The molecule has 2 N–H and O–H groups in total. The second-order valence-corrected chi connectivity index (χ2v) is 7.88. The van der Waals surface area contributed by atoms with Crippen molar-refractivity contribution in [2.45, 2.75) is 41.4 Å². The van der Waals surface area contributed by atoms with Crippen LogP contribution in [0.2, 0.25) is 5.02 Å². The number of hydrogen-bond acceptors (Lipinski definition) is 4. The average Bonchev–Trinajstić information content (AvgIpc) is 2.50. The van der Waals surface area contributed by atoms with Gasteiger partial charge in [-0.25, -0.2) is 0 Å². The highest BCUT2D eigenvalue weighted by molar-refractivity contribution is 7.85. The molecule has 1 aromatic rings. The SMILES string of the molecule is Nc1ccc(Cl)cc1S(=O)C1CCOC2(CCOCC2)C1. The van der Waals surface area contributed by atoms with Crippen molar-refractivity contribution in [2.75, 3.05) is 25.6 Å². The van der Waals surface area contributed by atoms with Crippen LogP contribution >= 0.6 is 11.6 Å². The first-order chi connectivity index (χ1) is 10.1. The third kappa shape index (κ3) is 3.26. The topological polar surface area (TPSA) is 61.6 Å². The molecule has 1 spiro atoms. The Labute approximate surface area is 132 Å². The molecule has 0 amide bonds. The van der Waals surface area contributed by atoms with E-state index >= 15 is 0 Å². The van der Waals surface area contributed by atoms with Crippen molar-refractivity contribution in [3.8, 4) is 0 Å². The molecule has 6 heteroatoms. The molecule has 1 aromatic carbocycles. The van der Waals surface area contributed by atoms with E-state index in [1.165, 1.54) is 0 Å². The van der Waals surface area contributed by atoms with Crippen LogP contribution in [0.4, 0.5) is 5.69 Å². The lowest BCUT2D eigenvalue weighted by Crippen LogP contribution is -2.47. The first-order valence-corrected chi connectivity index (χ1v) is 8.86. The van der Waals surface area contributed by atoms with E-state index < -0.39 is 10.8 Å². The summed E-state index contributed by atoms with van der Waals surface area (Å²) in [6, 6.07) is 5.17. The molecule has 2 atom stereocenters. The van der Waals surface area contributed by atoms with Crippen LogP contribution in [0.25, 0.3) is 0 Å². The molecule has 3 rings (SSSR count). The van der Waals surface area contributed by atoms with E-state index in [2.05, 4.69) is 0 Å². The first kappa shape index (κ1) is 15.3. The summed E-state index contributed by atoms with van der Waals surface area (Å²) in [5.41, 5.74) is 6.35. The molecule has 0 radical (unpaired) electrons. The minimum Gasteiger partial charge on any atom is -0.398 e. The Balaban J connectivity index is 1.79. The van der Waals surface area contributed by atoms with Crippen molar-refractivity contribution >= 4 is 28.1 Å². The van der Waals surface area contributed by atoms with Gasteiger partial charge in [0.25, 0.3) is 0 Å². The highest BCUT2D eigenvalue weighted by atomic mass is 35.5. The van der Waals surface area contributed by atoms with Gasteiger partial charge in [-0.15, -0.1) is 0 Å². The summed E-state index contributed by atoms with van der Waals surface area (Å²) < 4.78 is 24.3. The monoisotopic (exact) mass is 329 g/mol. The van der Waals surface area contributed by atoms with Gasteiger partial charge in [0.05, 0.1) is 21.3 Å². The Morgan fingerprint density at radius 1 is 1.29 bits per heavy atom. The third-order valence-electron chi connectivity index (χ3n) is 4.35. The Kier molecular flexibility index (Phi) is 4.54. The number of rotatable bonds is 2. The molecule has 0 aliphatic carbocycles. The molecule has 2 aliphatic heterocycles. The molecular weight excluding hydrogens is 310 g/mol. The minimum atomic E-state index is -1.15. The summed E-state index contributed by atoms with van der Waals surface area (Å²) in [5.74, 6) is 0. The number of anilines is 1. The molecule has 2 fully saturated rings. The predicted octanol–water partition coefficient (Wildman–Crippen LogP) is 2.76. The van der Waals surface area contributed by atoms with Gasteiger partial charge in [-0.05, 0) is 43.9 Å². The van der Waals surface area contributed by atoms with E-state index in [-0.39, 0.29) is 10.9 Å². The quantitative estimate of drug-likeness (QED) is 0.847. The second-order valence-electron chi connectivity index (χ2n) is 5.74. The molecule has 0 aromatic heterocycles. The van der Waals surface area contributed by atoms with Crippen LogP contribution in [-0.4, -0.2) is 34.9 Å². The van der Waals surface area contributed by atoms with Crippen LogP contribution in [0.1, 0.15) is 25.7 Å². The normalized spacial score (nSPS) is 26.6. The van der Waals surface area contributed by atoms with Crippen LogP contribution in [0.15, 0.2) is 23.1 Å². The molecular formula is C15H20ClNO3S. The molecule has 0 bridgehead atoms. The highest BCUT2D eigenvalue weighted by Gasteiger charge is 2.41. The maximum Gasteiger partial charge on any atom is 0.0738 e. The van der Waals surface area contributed by atoms with Gasteiger partial charge in [0, 0.05) is 35.8 Å². The number of hydrogen-bond donors (Lipinski definition) is 1. The van der Waals surface area contributed by atoms with Gasteiger partial charge in [-0.2, -0.15) is 0 Å². The Hall–Kier alpha value is -0.620. The van der Waals surface area contributed by atoms with Crippen LogP contribution in [0.5, 0.6) is 0 Å². The molecule has 2 unspecified atom stereocenters. The Morgan fingerprint density at radius 2 is 2.05 bits per heavy atom. The van der Waals surface area contributed by atoms with Crippen molar-refractivity contribution in [3.63, 3.8) is 0 Å². The highest BCUT2D eigenvalue weighted by Crippen LogP contribution is 2.38. The number of halogens is 1. The van der Waals surface area contributed by atoms with Crippen molar-refractivity contribution in [1.29, 1.82) is 0 Å². The van der Waals surface area contributed by atoms with Crippen molar-refractivity contribution in [1.82, 2.24) is 0 Å². The lowest BCUT2D eigenvalue weighted by molar-refractivity contribution is -0.131. The number of nitrogen functional groups attached to an aromatic ring is 1. The van der Waals surface area contributed by atoms with E-state index in [9.17, 15) is 4.21 Å². The zero-order valence-electron chi connectivity index (χ0n) is 11.8. The summed E-state index contributed by atoms with van der Waals surface area (Å²) in [4.78, 5) is 0.650. The summed E-state index contributed by atoms with van der Waals surface area (Å²) in [7, 11) is -1.15. The van der Waals surface area contributed by atoms with Crippen molar-refractivity contribution in [3.05, 3.63) is 23.2 Å². The van der Waals surface area contributed by atoms with E-state index in [1.54, 1.807) is 18.2 Å². The lowest BCUT2D eigenvalue weighted by Gasteiger charge is -2.43. The Bertz CT molecular complexity index is 540. The van der Waals surface area contributed by atoms with Gasteiger partial charge in [0.15, 0.2) is 0 Å². The minimum absolute atomic E-state index is 0.0672. The van der Waals surface area contributed by atoms with Gasteiger partial charge in [-0.1, -0.05) is 11.6 Å². The van der Waals surface area contributed by atoms with Gasteiger partial charge in [-0.3, -0.25) is 4.21 Å². The maximum absolute atomic E-state index is 12.9. The van der Waals surface area contributed by atoms with Gasteiger partial charge in [0.2, 0.25) is 0 Å². The fourth-order valence-electron chi connectivity index (χ4n) is 3.12. The molecule has 116 valence electrons. The zero-order chi connectivity index (χ0) is 14.9. The third-order valence-corrected chi connectivity index (χ3v) is 6.38. The fraction of sp³-hybridized carbons (Fsp3) is 0.600. The molecule has 21 heavy (non-hydrogen) atoms. The van der Waals surface area contributed by atoms with Crippen LogP contribution < -0.4 is 5.73 Å². The van der Waals surface area contributed by atoms with Gasteiger partial charge < -0.3 is 15.2 Å². The smallest absolute Gasteiger partial charge is 0.0738 e. The molecule has 2 aliphatic rings. The number of benzene rings is 1. The largest absolute Gasteiger partial charge is 0.398 e. The van der Waals surface area contributed by atoms with Gasteiger partial charge >= 0.3 is 0 Å². The van der Waals surface area contributed by atoms with Gasteiger partial charge in [0.1, 0.15) is 0 Å². The average molecular weight is 330 g/mol. The number of nitrogens with two attached hydrogens (primary N) is 1. The van der Waals surface area contributed by atoms with E-state index in [0.717, 1.165) is 38.9 Å². The van der Waals surface area contributed by atoms with Crippen LogP contribution in [0, 0.1) is 0 Å². The zero-order valence-corrected chi connectivity index (χ0v) is 13.4. The summed E-state index contributed by atoms with van der Waals surface area (Å²) in [6.45, 7) is 2.09. The van der Waals surface area contributed by atoms with E-state index in [4.69, 9.17) is 26.8 Å². The molecule has 0 saturated carbocycles. The maximum atomic E-state index is 12.9. The first-order valence-electron chi connectivity index (χ1n) is 7.27. The Morgan fingerprint density at radius 3 is 2.81 bits per heavy atom. The second kappa shape index (κ2) is 6.24. The summed E-state index contributed by atoms with van der Waals surface area (Å²) in [5, 5.41) is 0.637. The van der Waals surface area contributed by atoms with E-state index in [1.807, 2.05) is 0 Å². The standard InChI is InChI=1S/C15H20ClNO3S/c16-11-1-2-13(17)14(9-11)21(18)12-3-6-20-15(10-12)4-7-19-8-5-15/h1-2,9,12H,3-8,10,17H2. The van der Waals surface area contributed by atoms with Crippen LogP contribution in [0.3, 0.4) is 0 Å². The molecule has 4 nitrogen and oxygen atoms in total.